The number of carbonyl (C=O) groups is 2. The van der Waals surface area contributed by atoms with Crippen LogP contribution in [-0.4, -0.2) is 91.0 Å². The minimum absolute atomic E-state index is 0.0271. The van der Waals surface area contributed by atoms with Crippen molar-refractivity contribution in [1.29, 1.82) is 0 Å². The smallest absolute Gasteiger partial charge is 0.404 e. The van der Waals surface area contributed by atoms with Gasteiger partial charge in [-0.15, -0.1) is 0 Å². The van der Waals surface area contributed by atoms with Gasteiger partial charge in [0.2, 0.25) is 5.91 Å². The second-order valence-electron chi connectivity index (χ2n) is 5.07. The highest BCUT2D eigenvalue weighted by atomic mass is 16.7. The molecule has 1 heterocycles. The third-order valence-electron chi connectivity index (χ3n) is 3.20. The molecule has 2 amide bonds. The van der Waals surface area contributed by atoms with Gasteiger partial charge in [-0.05, 0) is 0 Å². The number of primary amides is 1. The predicted octanol–water partition coefficient (Wildman–Crippen LogP) is -2.94. The van der Waals surface area contributed by atoms with E-state index in [4.69, 9.17) is 19.9 Å². The van der Waals surface area contributed by atoms with Gasteiger partial charge in [0.15, 0.2) is 12.4 Å². The van der Waals surface area contributed by atoms with Gasteiger partial charge in [-0.3, -0.25) is 4.79 Å². The first-order valence-corrected chi connectivity index (χ1v) is 7.39. The predicted molar refractivity (Wildman–Crippen MR) is 77.7 cm³/mol. The van der Waals surface area contributed by atoms with Crippen LogP contribution < -0.4 is 11.1 Å². The maximum Gasteiger partial charge on any atom is 0.404 e. The first-order chi connectivity index (χ1) is 11.4. The summed E-state index contributed by atoms with van der Waals surface area (Å²) >= 11 is 0. The van der Waals surface area contributed by atoms with Crippen molar-refractivity contribution < 1.29 is 43.9 Å². The van der Waals surface area contributed by atoms with Crippen LogP contribution in [0, 0.1) is 0 Å². The molecule has 0 aromatic rings. The van der Waals surface area contributed by atoms with Crippen LogP contribution in [0.5, 0.6) is 0 Å². The molecule has 1 aliphatic heterocycles. The molecule has 0 aromatic carbocycles. The van der Waals surface area contributed by atoms with Gasteiger partial charge in [-0.25, -0.2) is 4.79 Å². The molecule has 0 saturated carbocycles. The van der Waals surface area contributed by atoms with E-state index in [1.54, 1.807) is 0 Å². The molecule has 5 atom stereocenters. The number of hydrogen-bond acceptors (Lipinski definition) is 9. The fraction of sp³-hybridized carbons (Fsp3) is 0.846. The van der Waals surface area contributed by atoms with Crippen LogP contribution in [0.4, 0.5) is 4.79 Å². The van der Waals surface area contributed by atoms with Crippen LogP contribution in [-0.2, 0) is 23.7 Å². The van der Waals surface area contributed by atoms with Crippen LogP contribution >= 0.6 is 0 Å². The van der Waals surface area contributed by atoms with E-state index in [0.29, 0.717) is 6.54 Å². The first-order valence-electron chi connectivity index (χ1n) is 7.39. The lowest BCUT2D eigenvalue weighted by Gasteiger charge is -2.40. The Kier molecular flexibility index (Phi) is 8.89. The lowest BCUT2D eigenvalue weighted by Crippen LogP contribution is -2.60. The van der Waals surface area contributed by atoms with Gasteiger partial charge in [-0.2, -0.15) is 0 Å². The average Bonchev–Trinajstić information content (AvgIpc) is 2.51. The van der Waals surface area contributed by atoms with Crippen molar-refractivity contribution in [2.24, 2.45) is 5.73 Å². The van der Waals surface area contributed by atoms with Crippen molar-refractivity contribution in [1.82, 2.24) is 5.32 Å². The van der Waals surface area contributed by atoms with Crippen LogP contribution in [0.1, 0.15) is 6.92 Å². The van der Waals surface area contributed by atoms with E-state index in [0.717, 1.165) is 0 Å². The van der Waals surface area contributed by atoms with E-state index >= 15 is 0 Å². The second kappa shape index (κ2) is 10.4. The largest absolute Gasteiger partial charge is 0.441 e. The number of ether oxygens (including phenoxy) is 4. The fourth-order valence-electron chi connectivity index (χ4n) is 2.09. The number of aliphatic hydroxyl groups is 3. The molecule has 140 valence electrons. The maximum absolute atomic E-state index is 10.9. The van der Waals surface area contributed by atoms with Crippen LogP contribution in [0.2, 0.25) is 0 Å². The molecule has 1 saturated heterocycles. The summed E-state index contributed by atoms with van der Waals surface area (Å²) in [7, 11) is 0. The van der Waals surface area contributed by atoms with Gasteiger partial charge in [0, 0.05) is 13.5 Å². The van der Waals surface area contributed by atoms with E-state index in [9.17, 15) is 24.9 Å². The Morgan fingerprint density at radius 2 is 1.92 bits per heavy atom. The minimum Gasteiger partial charge on any atom is -0.441 e. The first kappa shape index (κ1) is 20.5. The number of aliphatic hydroxyl groups excluding tert-OH is 3. The number of nitrogens with one attached hydrogen (secondary N) is 1. The zero-order valence-corrected chi connectivity index (χ0v) is 13.3. The van der Waals surface area contributed by atoms with E-state index in [1.807, 2.05) is 0 Å². The highest BCUT2D eigenvalue weighted by Gasteiger charge is 2.47. The Morgan fingerprint density at radius 1 is 1.21 bits per heavy atom. The molecule has 24 heavy (non-hydrogen) atoms. The topological polar surface area (TPSA) is 170 Å². The summed E-state index contributed by atoms with van der Waals surface area (Å²) in [4.78, 5) is 21.5. The zero-order chi connectivity index (χ0) is 18.1. The van der Waals surface area contributed by atoms with Crippen molar-refractivity contribution in [2.45, 2.75) is 37.6 Å². The maximum atomic E-state index is 10.9. The Bertz CT molecular complexity index is 409. The van der Waals surface area contributed by atoms with Crippen LogP contribution in [0.15, 0.2) is 0 Å². The number of carbonyl (C=O) groups excluding carboxylic acids is 2. The summed E-state index contributed by atoms with van der Waals surface area (Å²) in [5, 5.41) is 31.7. The molecular weight excluding hydrogens is 328 g/mol. The van der Waals surface area contributed by atoms with Crippen molar-refractivity contribution in [2.75, 3.05) is 33.0 Å². The van der Waals surface area contributed by atoms with Crippen molar-refractivity contribution >= 4 is 12.0 Å². The summed E-state index contributed by atoms with van der Waals surface area (Å²) in [5.41, 5.74) is 4.89. The van der Waals surface area contributed by atoms with Gasteiger partial charge in [0.1, 0.15) is 18.3 Å². The molecule has 6 N–H and O–H groups in total. The monoisotopic (exact) mass is 352 g/mol. The van der Waals surface area contributed by atoms with Crippen molar-refractivity contribution in [3.05, 3.63) is 0 Å². The van der Waals surface area contributed by atoms with E-state index in [-0.39, 0.29) is 25.7 Å². The summed E-state index contributed by atoms with van der Waals surface area (Å²) in [6.07, 6.45) is -7.87. The van der Waals surface area contributed by atoms with Gasteiger partial charge in [-0.1, -0.05) is 0 Å². The minimum atomic E-state index is -1.49. The molecule has 11 heteroatoms. The SMILES string of the molecule is CC(=O)NCCOCCOC1O[C@@H](CO)[C@@H](O)[C@H](OC(N)=O)[C@@H]1O. The number of nitrogens with two attached hydrogens (primary N) is 1. The Labute approximate surface area is 138 Å². The summed E-state index contributed by atoms with van der Waals surface area (Å²) < 4.78 is 20.3. The third-order valence-corrected chi connectivity index (χ3v) is 3.20. The highest BCUT2D eigenvalue weighted by Crippen LogP contribution is 2.24. The Hall–Kier alpha value is -1.50. The molecule has 1 aliphatic rings. The van der Waals surface area contributed by atoms with Gasteiger partial charge in [0.25, 0.3) is 0 Å². The van der Waals surface area contributed by atoms with Gasteiger partial charge < -0.3 is 45.3 Å². The van der Waals surface area contributed by atoms with Crippen LogP contribution in [0.25, 0.3) is 0 Å². The second-order valence-corrected chi connectivity index (χ2v) is 5.07. The van der Waals surface area contributed by atoms with E-state index in [1.165, 1.54) is 6.92 Å². The molecule has 1 rings (SSSR count). The third kappa shape index (κ3) is 6.55. The van der Waals surface area contributed by atoms with Crippen molar-refractivity contribution in [3.63, 3.8) is 0 Å². The van der Waals surface area contributed by atoms with E-state index in [2.05, 4.69) is 10.1 Å². The normalized spacial score (nSPS) is 29.9. The lowest BCUT2D eigenvalue weighted by molar-refractivity contribution is -0.301. The molecule has 0 aliphatic carbocycles. The number of amides is 2. The fourth-order valence-corrected chi connectivity index (χ4v) is 2.09. The number of rotatable bonds is 9. The molecule has 0 radical (unpaired) electrons. The molecule has 11 nitrogen and oxygen atoms in total. The zero-order valence-electron chi connectivity index (χ0n) is 13.3. The van der Waals surface area contributed by atoms with Gasteiger partial charge >= 0.3 is 6.09 Å². The Balaban J connectivity index is 2.39. The van der Waals surface area contributed by atoms with Crippen molar-refractivity contribution in [3.8, 4) is 0 Å². The summed E-state index contributed by atoms with van der Waals surface area (Å²) in [5.74, 6) is -0.164. The Morgan fingerprint density at radius 3 is 2.50 bits per heavy atom. The summed E-state index contributed by atoms with van der Waals surface area (Å²) in [6.45, 7) is 1.63. The molecule has 1 fully saturated rings. The quantitative estimate of drug-likeness (QED) is 0.272. The van der Waals surface area contributed by atoms with Gasteiger partial charge in [0.05, 0.1) is 26.4 Å². The molecule has 1 unspecified atom stereocenters. The highest BCUT2D eigenvalue weighted by molar-refractivity contribution is 5.72. The van der Waals surface area contributed by atoms with E-state index < -0.39 is 43.4 Å². The summed E-state index contributed by atoms with van der Waals surface area (Å²) in [6, 6.07) is 0. The molecule has 0 spiro atoms. The lowest BCUT2D eigenvalue weighted by atomic mass is 9.99. The number of hydrogen-bond donors (Lipinski definition) is 5. The molecular formula is C13H24N2O9. The molecule has 0 aromatic heterocycles. The molecule has 0 bridgehead atoms. The average molecular weight is 352 g/mol. The van der Waals surface area contributed by atoms with Crippen LogP contribution in [0.3, 0.4) is 0 Å². The standard InChI is InChI=1S/C13H24N2O9/c1-7(17)15-2-3-21-4-5-22-12-10(19)11(24-13(14)20)9(18)8(6-16)23-12/h8-12,16,18-19H,2-6H2,1H3,(H2,14,20)(H,15,17)/t8-,9+,10-,11-,12?/m0/s1.